The highest BCUT2D eigenvalue weighted by Crippen LogP contribution is 2.33. The molecule has 3 aromatic rings. The van der Waals surface area contributed by atoms with E-state index in [-0.39, 0.29) is 12.3 Å². The Bertz CT molecular complexity index is 1040. The molecular weight excluding hydrogens is 412 g/mol. The quantitative estimate of drug-likeness (QED) is 0.657. The van der Waals surface area contributed by atoms with Gasteiger partial charge in [0.1, 0.15) is 28.8 Å². The maximum absolute atomic E-state index is 14.0. The first-order chi connectivity index (χ1) is 14.4. The molecule has 1 fully saturated rings. The second kappa shape index (κ2) is 8.58. The van der Waals surface area contributed by atoms with Gasteiger partial charge in [0.2, 0.25) is 0 Å². The molecule has 0 bridgehead atoms. The summed E-state index contributed by atoms with van der Waals surface area (Å²) in [5.41, 5.74) is 7.41. The summed E-state index contributed by atoms with van der Waals surface area (Å²) in [5, 5.41) is 8.98. The number of aromatic nitrogens is 3. The molecule has 1 amide bonds. The number of nitrogens with zero attached hydrogens (tertiary/aromatic N) is 3. The van der Waals surface area contributed by atoms with Gasteiger partial charge in [-0.1, -0.05) is 12.1 Å². The van der Waals surface area contributed by atoms with Crippen molar-refractivity contribution in [2.24, 2.45) is 12.8 Å². The first kappa shape index (κ1) is 20.6. The largest absolute Gasteiger partial charge is 0.369 e. The summed E-state index contributed by atoms with van der Waals surface area (Å²) in [6.07, 6.45) is 0.816. The minimum Gasteiger partial charge on any atom is -0.369 e. The minimum absolute atomic E-state index is 0.109. The first-order valence-corrected chi connectivity index (χ1v) is 10.4. The van der Waals surface area contributed by atoms with Gasteiger partial charge in [0.05, 0.1) is 24.2 Å². The molecule has 1 aromatic carbocycles. The van der Waals surface area contributed by atoms with Crippen molar-refractivity contribution in [3.8, 4) is 10.6 Å². The lowest BCUT2D eigenvalue weighted by Gasteiger charge is -2.17. The molecule has 30 heavy (non-hydrogen) atoms. The fourth-order valence-corrected chi connectivity index (χ4v) is 4.23. The zero-order valence-corrected chi connectivity index (χ0v) is 17.0. The highest BCUT2D eigenvalue weighted by molar-refractivity contribution is 7.13. The molecule has 2 aromatic heterocycles. The molecule has 3 heterocycles. The van der Waals surface area contributed by atoms with E-state index in [1.165, 1.54) is 23.6 Å². The van der Waals surface area contributed by atoms with Crippen LogP contribution in [0.5, 0.6) is 0 Å². The molecule has 0 saturated carbocycles. The van der Waals surface area contributed by atoms with Crippen LogP contribution in [0.4, 0.5) is 14.5 Å². The average molecular weight is 433 g/mol. The smallest absolute Gasteiger partial charge is 0.275 e. The van der Waals surface area contributed by atoms with Gasteiger partial charge in [-0.15, -0.1) is 11.3 Å². The second-order valence-electron chi connectivity index (χ2n) is 7.12. The van der Waals surface area contributed by atoms with Crippen LogP contribution in [0, 0.1) is 5.82 Å². The zero-order valence-electron chi connectivity index (χ0n) is 16.2. The van der Waals surface area contributed by atoms with Crippen molar-refractivity contribution >= 4 is 22.9 Å². The van der Waals surface area contributed by atoms with Crippen LogP contribution in [-0.4, -0.2) is 39.5 Å². The van der Waals surface area contributed by atoms with Gasteiger partial charge in [-0.05, 0) is 25.0 Å². The van der Waals surface area contributed by atoms with Gasteiger partial charge in [0, 0.05) is 24.0 Å². The molecule has 0 aliphatic carbocycles. The number of benzene rings is 1. The van der Waals surface area contributed by atoms with E-state index in [4.69, 9.17) is 10.5 Å². The Kier molecular flexibility index (Phi) is 5.89. The van der Waals surface area contributed by atoms with Gasteiger partial charge >= 0.3 is 0 Å². The predicted octanol–water partition coefficient (Wildman–Crippen LogP) is 3.45. The number of amides is 1. The van der Waals surface area contributed by atoms with Crippen LogP contribution >= 0.6 is 11.3 Å². The Morgan fingerprint density at radius 1 is 1.37 bits per heavy atom. The van der Waals surface area contributed by atoms with E-state index in [1.54, 1.807) is 35.3 Å². The predicted molar refractivity (Wildman–Crippen MR) is 109 cm³/mol. The van der Waals surface area contributed by atoms with Crippen molar-refractivity contribution in [1.82, 2.24) is 14.8 Å². The van der Waals surface area contributed by atoms with Gasteiger partial charge in [0.25, 0.3) is 5.91 Å². The number of ether oxygens (including phenoxy) is 1. The number of carbonyl (C=O) groups excluding carboxylic acids is 1. The molecule has 0 spiro atoms. The standard InChI is InChI=1S/C20H21F2N5O2S/c1-27-18(17-7-6-14(23)13(22)9-29-17)15(8-24-27)25-19(28)16-10-30-20(26-16)11-4-2-3-5-12(11)21/h2-5,8,10,13-14,17H,6-7,9,23H2,1H3,(H,25,28). The summed E-state index contributed by atoms with van der Waals surface area (Å²) in [4.78, 5) is 17.0. The summed E-state index contributed by atoms with van der Waals surface area (Å²) in [7, 11) is 1.73. The molecule has 4 rings (SSSR count). The van der Waals surface area contributed by atoms with Gasteiger partial charge in [0.15, 0.2) is 0 Å². The highest BCUT2D eigenvalue weighted by atomic mass is 32.1. The van der Waals surface area contributed by atoms with E-state index in [1.807, 2.05) is 0 Å². The number of rotatable bonds is 4. The normalized spacial score (nSPS) is 21.9. The Hall–Kier alpha value is -2.69. The molecule has 0 radical (unpaired) electrons. The van der Waals surface area contributed by atoms with Crippen molar-refractivity contribution in [2.75, 3.05) is 11.9 Å². The molecule has 3 atom stereocenters. The van der Waals surface area contributed by atoms with E-state index in [0.29, 0.717) is 34.8 Å². The third-order valence-corrected chi connectivity index (χ3v) is 5.94. The Morgan fingerprint density at radius 3 is 2.97 bits per heavy atom. The zero-order chi connectivity index (χ0) is 21.3. The topological polar surface area (TPSA) is 95.1 Å². The molecule has 1 aliphatic rings. The summed E-state index contributed by atoms with van der Waals surface area (Å²) in [6, 6.07) is 5.69. The van der Waals surface area contributed by atoms with Crippen LogP contribution in [0.25, 0.3) is 10.6 Å². The van der Waals surface area contributed by atoms with Crippen LogP contribution in [0.15, 0.2) is 35.8 Å². The summed E-state index contributed by atoms with van der Waals surface area (Å²) < 4.78 is 35.2. The molecule has 10 heteroatoms. The SMILES string of the molecule is Cn1ncc(NC(=O)c2csc(-c3ccccc3F)n2)c1C1CCC(N)C(F)CO1. The van der Waals surface area contributed by atoms with Crippen molar-refractivity contribution in [1.29, 1.82) is 0 Å². The van der Waals surface area contributed by atoms with Crippen molar-refractivity contribution in [3.63, 3.8) is 0 Å². The van der Waals surface area contributed by atoms with Crippen LogP contribution in [0.2, 0.25) is 0 Å². The Balaban J connectivity index is 1.53. The number of nitrogens with two attached hydrogens (primary N) is 1. The fourth-order valence-electron chi connectivity index (χ4n) is 3.40. The van der Waals surface area contributed by atoms with Crippen molar-refractivity contribution < 1.29 is 18.3 Å². The van der Waals surface area contributed by atoms with E-state index < -0.39 is 30.0 Å². The van der Waals surface area contributed by atoms with E-state index >= 15 is 0 Å². The minimum atomic E-state index is -1.23. The van der Waals surface area contributed by atoms with Gasteiger partial charge < -0.3 is 15.8 Å². The number of thiazole rings is 1. The summed E-state index contributed by atoms with van der Waals surface area (Å²) in [5.74, 6) is -0.847. The van der Waals surface area contributed by atoms with E-state index in [9.17, 15) is 13.6 Å². The van der Waals surface area contributed by atoms with E-state index in [0.717, 1.165) is 0 Å². The van der Waals surface area contributed by atoms with E-state index in [2.05, 4.69) is 15.4 Å². The van der Waals surface area contributed by atoms with Crippen molar-refractivity contribution in [3.05, 3.63) is 53.0 Å². The second-order valence-corrected chi connectivity index (χ2v) is 7.98. The summed E-state index contributed by atoms with van der Waals surface area (Å²) in [6.45, 7) is -0.109. The number of alkyl halides is 1. The number of nitrogens with one attached hydrogen (secondary N) is 1. The molecule has 1 saturated heterocycles. The molecular formula is C20H21F2N5O2S. The maximum atomic E-state index is 14.0. The number of hydrogen-bond donors (Lipinski definition) is 2. The number of hydrogen-bond acceptors (Lipinski definition) is 6. The average Bonchev–Trinajstić information content (AvgIpc) is 3.32. The number of carbonyl (C=O) groups is 1. The number of halogens is 2. The third-order valence-electron chi connectivity index (χ3n) is 5.06. The molecule has 1 aliphatic heterocycles. The maximum Gasteiger partial charge on any atom is 0.275 e. The van der Waals surface area contributed by atoms with Crippen LogP contribution in [-0.2, 0) is 11.8 Å². The fraction of sp³-hybridized carbons (Fsp3) is 0.350. The Labute approximate surface area is 175 Å². The van der Waals surface area contributed by atoms with Gasteiger partial charge in [-0.2, -0.15) is 5.10 Å². The lowest BCUT2D eigenvalue weighted by Crippen LogP contribution is -2.32. The molecule has 3 unspecified atom stereocenters. The van der Waals surface area contributed by atoms with Crippen LogP contribution in [0.3, 0.4) is 0 Å². The monoisotopic (exact) mass is 433 g/mol. The van der Waals surface area contributed by atoms with Gasteiger partial charge in [-0.25, -0.2) is 13.8 Å². The lowest BCUT2D eigenvalue weighted by molar-refractivity contribution is 0.0247. The number of anilines is 1. The molecule has 3 N–H and O–H groups in total. The lowest BCUT2D eigenvalue weighted by atomic mass is 10.0. The number of aryl methyl sites for hydroxylation is 1. The van der Waals surface area contributed by atoms with Gasteiger partial charge in [-0.3, -0.25) is 9.48 Å². The van der Waals surface area contributed by atoms with Crippen LogP contribution < -0.4 is 11.1 Å². The molecule has 7 nitrogen and oxygen atoms in total. The Morgan fingerprint density at radius 2 is 2.17 bits per heavy atom. The first-order valence-electron chi connectivity index (χ1n) is 9.49. The summed E-state index contributed by atoms with van der Waals surface area (Å²) >= 11 is 1.18. The molecule has 158 valence electrons. The third kappa shape index (κ3) is 4.11. The van der Waals surface area contributed by atoms with Crippen LogP contribution in [0.1, 0.15) is 35.1 Å². The van der Waals surface area contributed by atoms with Crippen molar-refractivity contribution in [2.45, 2.75) is 31.2 Å². The highest BCUT2D eigenvalue weighted by Gasteiger charge is 2.30.